The van der Waals surface area contributed by atoms with Crippen molar-refractivity contribution in [2.75, 3.05) is 6.54 Å². The van der Waals surface area contributed by atoms with E-state index in [0.717, 1.165) is 37.8 Å². The van der Waals surface area contributed by atoms with Gasteiger partial charge in [0.15, 0.2) is 5.82 Å². The molecule has 0 saturated heterocycles. The van der Waals surface area contributed by atoms with Crippen LogP contribution in [0.1, 0.15) is 44.2 Å². The number of rotatable bonds is 4. The number of hydrogen-bond acceptors (Lipinski definition) is 4. The second-order valence-corrected chi connectivity index (χ2v) is 5.98. The Kier molecular flexibility index (Phi) is 3.61. The molecule has 1 aliphatic rings. The van der Waals surface area contributed by atoms with Crippen LogP contribution in [0.25, 0.3) is 0 Å². The Morgan fingerprint density at radius 2 is 2.25 bits per heavy atom. The van der Waals surface area contributed by atoms with Gasteiger partial charge in [0.05, 0.1) is 6.54 Å². The molecule has 1 atom stereocenters. The van der Waals surface area contributed by atoms with Crippen molar-refractivity contribution in [2.45, 2.75) is 46.3 Å². The lowest BCUT2D eigenvalue weighted by molar-refractivity contribution is 0.141. The zero-order valence-corrected chi connectivity index (χ0v) is 12.4. The maximum absolute atomic E-state index is 5.38. The summed E-state index contributed by atoms with van der Waals surface area (Å²) in [4.78, 5) is 6.89. The van der Waals surface area contributed by atoms with E-state index in [9.17, 15) is 0 Å². The van der Waals surface area contributed by atoms with Crippen LogP contribution in [0.4, 0.5) is 0 Å². The minimum absolute atomic E-state index is 0.388. The van der Waals surface area contributed by atoms with Crippen molar-refractivity contribution in [1.82, 2.24) is 19.6 Å². The van der Waals surface area contributed by atoms with Crippen LogP contribution in [0.3, 0.4) is 0 Å². The summed E-state index contributed by atoms with van der Waals surface area (Å²) in [5.41, 5.74) is 1.36. The maximum Gasteiger partial charge on any atom is 0.240 e. The van der Waals surface area contributed by atoms with Crippen LogP contribution in [0, 0.1) is 5.92 Å². The van der Waals surface area contributed by atoms with Gasteiger partial charge in [0.1, 0.15) is 0 Å². The van der Waals surface area contributed by atoms with Gasteiger partial charge < -0.3 is 9.09 Å². The number of nitrogens with zero attached hydrogens (tertiary/aromatic N) is 4. The van der Waals surface area contributed by atoms with Crippen LogP contribution in [-0.2, 0) is 19.5 Å². The maximum atomic E-state index is 5.38. The topological polar surface area (TPSA) is 47.1 Å². The van der Waals surface area contributed by atoms with Crippen molar-refractivity contribution < 1.29 is 4.52 Å². The predicted octanol–water partition coefficient (Wildman–Crippen LogP) is 2.65. The molecular formula is C15H22N4O. The third-order valence-electron chi connectivity index (χ3n) is 3.91. The smallest absolute Gasteiger partial charge is 0.240 e. The van der Waals surface area contributed by atoms with Gasteiger partial charge in [-0.1, -0.05) is 19.0 Å². The molecule has 1 aliphatic heterocycles. The average Bonchev–Trinajstić information content (AvgIpc) is 3.01. The normalized spacial score (nSPS) is 19.5. The summed E-state index contributed by atoms with van der Waals surface area (Å²) in [5, 5.41) is 4.06. The highest BCUT2D eigenvalue weighted by Crippen LogP contribution is 2.26. The second-order valence-electron chi connectivity index (χ2n) is 5.98. The molecule has 3 heterocycles. The van der Waals surface area contributed by atoms with E-state index in [0.29, 0.717) is 12.0 Å². The molecule has 0 radical (unpaired) electrons. The molecule has 0 amide bonds. The van der Waals surface area contributed by atoms with Crippen LogP contribution in [0.2, 0.25) is 0 Å². The monoisotopic (exact) mass is 274 g/mol. The van der Waals surface area contributed by atoms with Crippen LogP contribution < -0.4 is 0 Å². The summed E-state index contributed by atoms with van der Waals surface area (Å²) in [6.07, 6.45) is 3.03. The quantitative estimate of drug-likeness (QED) is 0.860. The summed E-state index contributed by atoms with van der Waals surface area (Å²) in [7, 11) is 0. The molecule has 0 aliphatic carbocycles. The summed E-state index contributed by atoms with van der Waals surface area (Å²) < 4.78 is 7.70. The highest BCUT2D eigenvalue weighted by molar-refractivity contribution is 5.13. The zero-order chi connectivity index (χ0) is 14.1. The molecule has 0 N–H and O–H groups in total. The molecule has 2 aromatic heterocycles. The number of aromatic nitrogens is 3. The van der Waals surface area contributed by atoms with Crippen molar-refractivity contribution in [3.05, 3.63) is 35.7 Å². The fourth-order valence-electron chi connectivity index (χ4n) is 2.82. The summed E-state index contributed by atoms with van der Waals surface area (Å²) in [5.74, 6) is 2.10. The molecule has 0 aromatic carbocycles. The minimum Gasteiger partial charge on any atom is -0.349 e. The molecule has 5 heteroatoms. The Balaban J connectivity index is 1.68. The second kappa shape index (κ2) is 5.40. The van der Waals surface area contributed by atoms with E-state index >= 15 is 0 Å². The lowest BCUT2D eigenvalue weighted by Crippen LogP contribution is -2.35. The molecule has 0 unspecified atom stereocenters. The van der Waals surface area contributed by atoms with Gasteiger partial charge in [0, 0.05) is 37.4 Å². The molecular weight excluding hydrogens is 252 g/mol. The Morgan fingerprint density at radius 3 is 3.05 bits per heavy atom. The van der Waals surface area contributed by atoms with Gasteiger partial charge in [-0.25, -0.2) is 0 Å². The third-order valence-corrected chi connectivity index (χ3v) is 3.91. The Morgan fingerprint density at radius 1 is 1.40 bits per heavy atom. The van der Waals surface area contributed by atoms with Gasteiger partial charge >= 0.3 is 0 Å². The van der Waals surface area contributed by atoms with E-state index in [1.54, 1.807) is 0 Å². The fraction of sp³-hybridized carbons (Fsp3) is 0.600. The Hall–Kier alpha value is -1.62. The predicted molar refractivity (Wildman–Crippen MR) is 76.1 cm³/mol. The van der Waals surface area contributed by atoms with E-state index in [-0.39, 0.29) is 0 Å². The fourth-order valence-corrected chi connectivity index (χ4v) is 2.82. The standard InChI is InChI=1S/C15H22N4O/c1-11(2)9-14-16-15(20-17-14)10-19-8-7-18-6-4-5-13(18)12(19)3/h4-6,11-12H,7-10H2,1-3H3/t12-/m0/s1. The van der Waals surface area contributed by atoms with Gasteiger partial charge in [-0.2, -0.15) is 4.98 Å². The molecule has 0 spiro atoms. The van der Waals surface area contributed by atoms with Crippen molar-refractivity contribution in [1.29, 1.82) is 0 Å². The summed E-state index contributed by atoms with van der Waals surface area (Å²) in [6.45, 7) is 9.34. The molecule has 5 nitrogen and oxygen atoms in total. The summed E-state index contributed by atoms with van der Waals surface area (Å²) >= 11 is 0. The van der Waals surface area contributed by atoms with Crippen LogP contribution in [0.15, 0.2) is 22.9 Å². The average molecular weight is 274 g/mol. The first-order chi connectivity index (χ1) is 9.63. The molecule has 0 bridgehead atoms. The van der Waals surface area contributed by atoms with E-state index in [1.807, 2.05) is 0 Å². The molecule has 0 saturated carbocycles. The summed E-state index contributed by atoms with van der Waals surface area (Å²) in [6, 6.07) is 4.69. The van der Waals surface area contributed by atoms with E-state index in [1.165, 1.54) is 5.69 Å². The third kappa shape index (κ3) is 2.63. The first-order valence-electron chi connectivity index (χ1n) is 7.34. The molecule has 0 fully saturated rings. The Bertz CT molecular complexity index is 572. The zero-order valence-electron chi connectivity index (χ0n) is 12.4. The van der Waals surface area contributed by atoms with Crippen LogP contribution in [0.5, 0.6) is 0 Å². The van der Waals surface area contributed by atoms with Crippen LogP contribution in [-0.4, -0.2) is 26.2 Å². The molecule has 3 rings (SSSR count). The SMILES string of the molecule is CC(C)Cc1noc(CN2CCn3cccc3[C@@H]2C)n1. The molecule has 108 valence electrons. The van der Waals surface area contributed by atoms with Gasteiger partial charge in [-0.05, 0) is 25.0 Å². The highest BCUT2D eigenvalue weighted by atomic mass is 16.5. The van der Waals surface area contributed by atoms with E-state index in [2.05, 4.69) is 58.7 Å². The van der Waals surface area contributed by atoms with Crippen molar-refractivity contribution in [3.8, 4) is 0 Å². The van der Waals surface area contributed by atoms with Crippen molar-refractivity contribution in [2.24, 2.45) is 5.92 Å². The van der Waals surface area contributed by atoms with Crippen molar-refractivity contribution in [3.63, 3.8) is 0 Å². The van der Waals surface area contributed by atoms with E-state index < -0.39 is 0 Å². The van der Waals surface area contributed by atoms with Crippen LogP contribution >= 0.6 is 0 Å². The molecule has 2 aromatic rings. The minimum atomic E-state index is 0.388. The van der Waals surface area contributed by atoms with Gasteiger partial charge in [0.2, 0.25) is 5.89 Å². The first kappa shape index (κ1) is 13.4. The van der Waals surface area contributed by atoms with Gasteiger partial charge in [0.25, 0.3) is 0 Å². The molecule has 20 heavy (non-hydrogen) atoms. The first-order valence-corrected chi connectivity index (χ1v) is 7.34. The largest absolute Gasteiger partial charge is 0.349 e. The van der Waals surface area contributed by atoms with Crippen molar-refractivity contribution >= 4 is 0 Å². The van der Waals surface area contributed by atoms with Gasteiger partial charge in [-0.15, -0.1) is 0 Å². The lowest BCUT2D eigenvalue weighted by Gasteiger charge is -2.33. The highest BCUT2D eigenvalue weighted by Gasteiger charge is 2.25. The number of fused-ring (bicyclic) bond motifs is 1. The van der Waals surface area contributed by atoms with Gasteiger partial charge in [-0.3, -0.25) is 4.90 Å². The lowest BCUT2D eigenvalue weighted by atomic mass is 10.1. The Labute approximate surface area is 119 Å². The van der Waals surface area contributed by atoms with E-state index in [4.69, 9.17) is 4.52 Å². The number of hydrogen-bond donors (Lipinski definition) is 0.